The van der Waals surface area contributed by atoms with Crippen LogP contribution in [0, 0.1) is 5.92 Å². The topological polar surface area (TPSA) is 21.3 Å². The van der Waals surface area contributed by atoms with Crippen molar-refractivity contribution >= 4 is 0 Å². The molecule has 112 valence electrons. The first-order valence-corrected chi connectivity index (χ1v) is 7.54. The van der Waals surface area contributed by atoms with Crippen molar-refractivity contribution in [3.05, 3.63) is 65.2 Å². The zero-order chi connectivity index (χ0) is 15.2. The van der Waals surface area contributed by atoms with Crippen LogP contribution >= 0.6 is 0 Å². The molecule has 0 aliphatic heterocycles. The van der Waals surface area contributed by atoms with E-state index in [0.717, 1.165) is 12.2 Å². The van der Waals surface area contributed by atoms with E-state index in [0.29, 0.717) is 5.92 Å². The predicted molar refractivity (Wildman–Crippen MR) is 88.9 cm³/mol. The van der Waals surface area contributed by atoms with Gasteiger partial charge in [-0.15, -0.1) is 0 Å². The molecule has 0 heterocycles. The molecule has 0 saturated carbocycles. The largest absolute Gasteiger partial charge is 0.496 e. The highest BCUT2D eigenvalue weighted by molar-refractivity contribution is 5.42. The van der Waals surface area contributed by atoms with Gasteiger partial charge in [0.1, 0.15) is 5.75 Å². The maximum absolute atomic E-state index is 5.50. The molecule has 0 bridgehead atoms. The fourth-order valence-corrected chi connectivity index (χ4v) is 2.78. The second-order valence-corrected chi connectivity index (χ2v) is 5.81. The Hall–Kier alpha value is -1.80. The highest BCUT2D eigenvalue weighted by atomic mass is 16.5. The van der Waals surface area contributed by atoms with Crippen molar-refractivity contribution in [2.24, 2.45) is 5.92 Å². The number of ether oxygens (including phenoxy) is 1. The van der Waals surface area contributed by atoms with E-state index in [4.69, 9.17) is 4.74 Å². The fourth-order valence-electron chi connectivity index (χ4n) is 2.78. The molecular formula is C19H25NO. The van der Waals surface area contributed by atoms with Crippen LogP contribution in [0.4, 0.5) is 0 Å². The highest BCUT2D eigenvalue weighted by Gasteiger charge is 2.16. The number of nitrogens with one attached hydrogen (secondary N) is 1. The Balaban J connectivity index is 2.37. The summed E-state index contributed by atoms with van der Waals surface area (Å²) in [5, 5.41) is 3.41. The van der Waals surface area contributed by atoms with Crippen LogP contribution in [0.1, 0.15) is 36.6 Å². The molecule has 0 aliphatic rings. The molecule has 2 aromatic rings. The molecule has 21 heavy (non-hydrogen) atoms. The van der Waals surface area contributed by atoms with E-state index in [1.54, 1.807) is 7.11 Å². The Morgan fingerprint density at radius 2 is 1.81 bits per heavy atom. The number of hydrogen-bond acceptors (Lipinski definition) is 2. The molecule has 0 radical (unpaired) electrons. The molecule has 2 nitrogen and oxygen atoms in total. The minimum atomic E-state index is 0.147. The SMILES string of the molecule is CNC(c1cccc(CC(C)C)c1)c1ccccc1OC. The number of benzene rings is 2. The Morgan fingerprint density at radius 1 is 1.05 bits per heavy atom. The van der Waals surface area contributed by atoms with E-state index in [1.807, 2.05) is 19.2 Å². The van der Waals surface area contributed by atoms with Crippen molar-refractivity contribution in [1.29, 1.82) is 0 Å². The zero-order valence-electron chi connectivity index (χ0n) is 13.4. The van der Waals surface area contributed by atoms with E-state index in [2.05, 4.69) is 55.6 Å². The van der Waals surface area contributed by atoms with Crippen molar-refractivity contribution in [2.45, 2.75) is 26.3 Å². The monoisotopic (exact) mass is 283 g/mol. The molecule has 0 spiro atoms. The lowest BCUT2D eigenvalue weighted by Gasteiger charge is -2.20. The molecule has 0 fully saturated rings. The van der Waals surface area contributed by atoms with E-state index < -0.39 is 0 Å². The van der Waals surface area contributed by atoms with Gasteiger partial charge in [-0.3, -0.25) is 0 Å². The molecule has 0 aliphatic carbocycles. The lowest BCUT2D eigenvalue weighted by atomic mass is 9.94. The highest BCUT2D eigenvalue weighted by Crippen LogP contribution is 2.30. The second-order valence-electron chi connectivity index (χ2n) is 5.81. The summed E-state index contributed by atoms with van der Waals surface area (Å²) in [4.78, 5) is 0. The average Bonchev–Trinajstić information content (AvgIpc) is 2.48. The van der Waals surface area contributed by atoms with Gasteiger partial charge in [0.2, 0.25) is 0 Å². The van der Waals surface area contributed by atoms with Gasteiger partial charge in [0.05, 0.1) is 13.2 Å². The summed E-state index contributed by atoms with van der Waals surface area (Å²) < 4.78 is 5.50. The second kappa shape index (κ2) is 7.28. The van der Waals surface area contributed by atoms with E-state index in [9.17, 15) is 0 Å². The molecule has 0 saturated heterocycles. The van der Waals surface area contributed by atoms with E-state index >= 15 is 0 Å². The Morgan fingerprint density at radius 3 is 2.48 bits per heavy atom. The van der Waals surface area contributed by atoms with Crippen LogP contribution in [-0.4, -0.2) is 14.2 Å². The molecule has 1 atom stereocenters. The first-order valence-electron chi connectivity index (χ1n) is 7.54. The molecule has 2 heteroatoms. The smallest absolute Gasteiger partial charge is 0.123 e. The van der Waals surface area contributed by atoms with Crippen LogP contribution in [0.2, 0.25) is 0 Å². The van der Waals surface area contributed by atoms with Crippen molar-refractivity contribution in [1.82, 2.24) is 5.32 Å². The molecule has 1 N–H and O–H groups in total. The fraction of sp³-hybridized carbons (Fsp3) is 0.368. The van der Waals surface area contributed by atoms with Crippen LogP contribution in [0.25, 0.3) is 0 Å². The summed E-state index contributed by atoms with van der Waals surface area (Å²) in [6.07, 6.45) is 1.11. The summed E-state index contributed by atoms with van der Waals surface area (Å²) in [6, 6.07) is 17.2. The van der Waals surface area contributed by atoms with Gasteiger partial charge >= 0.3 is 0 Å². The van der Waals surface area contributed by atoms with Gasteiger partial charge in [0.25, 0.3) is 0 Å². The molecular weight excluding hydrogens is 258 g/mol. The summed E-state index contributed by atoms with van der Waals surface area (Å²) in [7, 11) is 3.72. The van der Waals surface area contributed by atoms with Gasteiger partial charge < -0.3 is 10.1 Å². The number of para-hydroxylation sites is 1. The molecule has 0 aromatic heterocycles. The first-order chi connectivity index (χ1) is 10.2. The lowest BCUT2D eigenvalue weighted by molar-refractivity contribution is 0.405. The normalized spacial score (nSPS) is 12.4. The Labute approximate surface area is 128 Å². The molecule has 2 rings (SSSR count). The van der Waals surface area contributed by atoms with Gasteiger partial charge in [0.15, 0.2) is 0 Å². The summed E-state index contributed by atoms with van der Waals surface area (Å²) in [5.41, 5.74) is 3.84. The van der Waals surface area contributed by atoms with Crippen LogP contribution in [0.15, 0.2) is 48.5 Å². The van der Waals surface area contributed by atoms with E-state index in [1.165, 1.54) is 16.7 Å². The maximum Gasteiger partial charge on any atom is 0.123 e. The van der Waals surface area contributed by atoms with Crippen LogP contribution in [0.3, 0.4) is 0 Å². The van der Waals surface area contributed by atoms with Gasteiger partial charge in [-0.2, -0.15) is 0 Å². The zero-order valence-corrected chi connectivity index (χ0v) is 13.4. The van der Waals surface area contributed by atoms with Gasteiger partial charge in [-0.05, 0) is 36.6 Å². The summed E-state index contributed by atoms with van der Waals surface area (Å²) in [5.74, 6) is 1.59. The minimum Gasteiger partial charge on any atom is -0.496 e. The van der Waals surface area contributed by atoms with Gasteiger partial charge in [0, 0.05) is 5.56 Å². The number of hydrogen-bond donors (Lipinski definition) is 1. The standard InChI is InChI=1S/C19H25NO/c1-14(2)12-15-8-7-9-16(13-15)19(20-3)17-10-5-6-11-18(17)21-4/h5-11,13-14,19-20H,12H2,1-4H3. The van der Waals surface area contributed by atoms with Crippen LogP contribution < -0.4 is 10.1 Å². The van der Waals surface area contributed by atoms with Crippen molar-refractivity contribution in [2.75, 3.05) is 14.2 Å². The maximum atomic E-state index is 5.50. The Kier molecular flexibility index (Phi) is 5.40. The van der Waals surface area contributed by atoms with E-state index in [-0.39, 0.29) is 6.04 Å². The molecule has 1 unspecified atom stereocenters. The van der Waals surface area contributed by atoms with Crippen molar-refractivity contribution in [3.63, 3.8) is 0 Å². The molecule has 0 amide bonds. The van der Waals surface area contributed by atoms with Gasteiger partial charge in [-0.25, -0.2) is 0 Å². The number of rotatable bonds is 6. The van der Waals surface area contributed by atoms with Crippen molar-refractivity contribution in [3.8, 4) is 5.75 Å². The third-order valence-corrected chi connectivity index (χ3v) is 3.67. The summed E-state index contributed by atoms with van der Waals surface area (Å²) in [6.45, 7) is 4.50. The Bertz CT molecular complexity index is 577. The number of methoxy groups -OCH3 is 1. The van der Waals surface area contributed by atoms with Gasteiger partial charge in [-0.1, -0.05) is 56.3 Å². The quantitative estimate of drug-likeness (QED) is 0.857. The predicted octanol–water partition coefficient (Wildman–Crippen LogP) is 4.20. The lowest BCUT2D eigenvalue weighted by Crippen LogP contribution is -2.18. The van der Waals surface area contributed by atoms with Crippen molar-refractivity contribution < 1.29 is 4.74 Å². The van der Waals surface area contributed by atoms with Crippen LogP contribution in [0.5, 0.6) is 5.75 Å². The first kappa shape index (κ1) is 15.6. The third-order valence-electron chi connectivity index (χ3n) is 3.67. The third kappa shape index (κ3) is 3.85. The summed E-state index contributed by atoms with van der Waals surface area (Å²) >= 11 is 0. The molecule has 2 aromatic carbocycles. The van der Waals surface area contributed by atoms with Crippen LogP contribution in [-0.2, 0) is 6.42 Å². The minimum absolute atomic E-state index is 0.147. The average molecular weight is 283 g/mol.